The SMILES string of the molecule is COc1ccc(-c2nc3sc4c(C(=O)O)c(Cl)cc(Cl)c4c3c(=O)n2Cc2cnco2)c(C2CC2)c1. The van der Waals surface area contributed by atoms with Crippen LogP contribution in [0.4, 0.5) is 0 Å². The molecule has 0 atom stereocenters. The number of carboxylic acid groups (broad SMARTS) is 1. The summed E-state index contributed by atoms with van der Waals surface area (Å²) in [6.45, 7) is 0.0849. The Balaban J connectivity index is 1.72. The Bertz CT molecular complexity index is 1740. The van der Waals surface area contributed by atoms with Gasteiger partial charge in [0.2, 0.25) is 0 Å². The number of rotatable bonds is 6. The Morgan fingerprint density at radius 2 is 2.06 bits per heavy atom. The molecule has 2 aromatic carbocycles. The summed E-state index contributed by atoms with van der Waals surface area (Å²) in [5.41, 5.74) is 1.37. The van der Waals surface area contributed by atoms with E-state index in [0.29, 0.717) is 32.4 Å². The van der Waals surface area contributed by atoms with Crippen molar-refractivity contribution in [2.75, 3.05) is 7.11 Å². The van der Waals surface area contributed by atoms with Crippen molar-refractivity contribution in [3.8, 4) is 17.1 Å². The number of benzene rings is 2. The van der Waals surface area contributed by atoms with Crippen molar-refractivity contribution in [1.29, 1.82) is 0 Å². The fraction of sp³-hybridized carbons (Fsp3) is 0.200. The van der Waals surface area contributed by atoms with E-state index in [0.717, 1.165) is 41.1 Å². The van der Waals surface area contributed by atoms with Gasteiger partial charge in [-0.05, 0) is 48.6 Å². The molecule has 0 aliphatic heterocycles. The number of methoxy groups -OCH3 is 1. The zero-order valence-electron chi connectivity index (χ0n) is 18.7. The van der Waals surface area contributed by atoms with Crippen LogP contribution in [0.25, 0.3) is 31.7 Å². The molecule has 6 rings (SSSR count). The Morgan fingerprint density at radius 3 is 2.72 bits per heavy atom. The monoisotopic (exact) mass is 541 g/mol. The van der Waals surface area contributed by atoms with E-state index in [9.17, 15) is 14.7 Å². The molecule has 3 heterocycles. The summed E-state index contributed by atoms with van der Waals surface area (Å²) in [6, 6.07) is 7.06. The molecule has 1 N–H and O–H groups in total. The molecule has 11 heteroatoms. The third-order valence-corrected chi connectivity index (χ3v) is 8.00. The van der Waals surface area contributed by atoms with Gasteiger partial charge in [-0.3, -0.25) is 9.36 Å². The second-order valence-electron chi connectivity index (χ2n) is 8.53. The normalized spacial score (nSPS) is 13.5. The summed E-state index contributed by atoms with van der Waals surface area (Å²) >= 11 is 13.8. The average Bonchev–Trinajstić information content (AvgIpc) is 3.43. The summed E-state index contributed by atoms with van der Waals surface area (Å²) in [7, 11) is 1.61. The van der Waals surface area contributed by atoms with Gasteiger partial charge in [0, 0.05) is 10.9 Å². The lowest BCUT2D eigenvalue weighted by molar-refractivity contribution is 0.0699. The molecular weight excluding hydrogens is 525 g/mol. The number of halogens is 2. The van der Waals surface area contributed by atoms with Crippen LogP contribution in [0.3, 0.4) is 0 Å². The second-order valence-corrected chi connectivity index (χ2v) is 10.3. The minimum atomic E-state index is -1.21. The number of thiophene rings is 1. The number of oxazole rings is 1. The smallest absolute Gasteiger partial charge is 0.338 e. The van der Waals surface area contributed by atoms with Crippen molar-refractivity contribution < 1.29 is 19.1 Å². The Labute approximate surface area is 217 Å². The number of hydrogen-bond acceptors (Lipinski definition) is 7. The van der Waals surface area contributed by atoms with Crippen molar-refractivity contribution in [2.24, 2.45) is 0 Å². The number of carbonyl (C=O) groups is 1. The van der Waals surface area contributed by atoms with Crippen LogP contribution in [0.15, 0.2) is 46.1 Å². The molecule has 182 valence electrons. The van der Waals surface area contributed by atoms with Crippen LogP contribution in [0.5, 0.6) is 5.75 Å². The number of nitrogens with zero attached hydrogens (tertiary/aromatic N) is 3. The molecule has 1 saturated carbocycles. The number of ether oxygens (including phenoxy) is 1. The third kappa shape index (κ3) is 3.66. The molecule has 0 unspecified atom stereocenters. The molecule has 0 bridgehead atoms. The summed E-state index contributed by atoms with van der Waals surface area (Å²) in [5.74, 6) is 0.776. The van der Waals surface area contributed by atoms with E-state index < -0.39 is 5.97 Å². The van der Waals surface area contributed by atoms with E-state index in [2.05, 4.69) is 4.98 Å². The van der Waals surface area contributed by atoms with E-state index >= 15 is 0 Å². The van der Waals surface area contributed by atoms with E-state index in [1.807, 2.05) is 18.2 Å². The largest absolute Gasteiger partial charge is 0.497 e. The van der Waals surface area contributed by atoms with Gasteiger partial charge in [0.25, 0.3) is 5.56 Å². The van der Waals surface area contributed by atoms with Gasteiger partial charge >= 0.3 is 5.97 Å². The molecule has 0 saturated heterocycles. The first-order valence-electron chi connectivity index (χ1n) is 11.0. The molecule has 3 aromatic heterocycles. The standard InChI is InChI=1S/C25H17Cl2N3O5S/c1-34-12-4-5-14(15(6-12)11-2-3-11)22-29-23-20(24(31)30(22)9-13-8-28-10-35-13)18-16(26)7-17(27)19(25(32)33)21(18)36-23/h4-8,10-11H,2-3,9H2,1H3,(H,32,33). The lowest BCUT2D eigenvalue weighted by Gasteiger charge is -2.15. The zero-order chi connectivity index (χ0) is 25.1. The van der Waals surface area contributed by atoms with Gasteiger partial charge in [0.05, 0.1) is 45.5 Å². The van der Waals surface area contributed by atoms with Crippen molar-refractivity contribution in [1.82, 2.24) is 14.5 Å². The summed E-state index contributed by atoms with van der Waals surface area (Å²) < 4.78 is 12.7. The molecule has 5 aromatic rings. The third-order valence-electron chi connectivity index (χ3n) is 6.30. The van der Waals surface area contributed by atoms with Crippen LogP contribution in [0, 0.1) is 0 Å². The topological polar surface area (TPSA) is 107 Å². The highest BCUT2D eigenvalue weighted by Crippen LogP contribution is 2.46. The van der Waals surface area contributed by atoms with Crippen LogP contribution < -0.4 is 10.3 Å². The van der Waals surface area contributed by atoms with Gasteiger partial charge in [-0.2, -0.15) is 0 Å². The molecule has 1 aliphatic rings. The lowest BCUT2D eigenvalue weighted by Crippen LogP contribution is -2.24. The van der Waals surface area contributed by atoms with E-state index in [4.69, 9.17) is 37.3 Å². The fourth-order valence-electron chi connectivity index (χ4n) is 4.48. The second kappa shape index (κ2) is 8.62. The Kier molecular flexibility index (Phi) is 5.51. The Hall–Kier alpha value is -3.40. The number of aromatic nitrogens is 3. The van der Waals surface area contributed by atoms with Crippen LogP contribution in [-0.4, -0.2) is 32.7 Å². The molecule has 0 radical (unpaired) electrons. The van der Waals surface area contributed by atoms with Crippen LogP contribution in [0.2, 0.25) is 10.0 Å². The summed E-state index contributed by atoms with van der Waals surface area (Å²) in [5, 5.41) is 10.6. The molecular formula is C25H17Cl2N3O5S. The van der Waals surface area contributed by atoms with Crippen LogP contribution in [0.1, 0.15) is 40.4 Å². The predicted octanol–water partition coefficient (Wildman–Crippen LogP) is 6.21. The zero-order valence-corrected chi connectivity index (χ0v) is 21.1. The van der Waals surface area contributed by atoms with Gasteiger partial charge < -0.3 is 14.3 Å². The number of fused-ring (bicyclic) bond motifs is 3. The van der Waals surface area contributed by atoms with Crippen molar-refractivity contribution in [3.05, 3.63) is 74.1 Å². The first-order chi connectivity index (χ1) is 17.4. The van der Waals surface area contributed by atoms with Gasteiger partial charge in [0.1, 0.15) is 22.2 Å². The van der Waals surface area contributed by atoms with E-state index in [1.54, 1.807) is 7.11 Å². The maximum Gasteiger partial charge on any atom is 0.338 e. The minimum Gasteiger partial charge on any atom is -0.497 e. The molecule has 0 amide bonds. The van der Waals surface area contributed by atoms with Crippen molar-refractivity contribution in [2.45, 2.75) is 25.3 Å². The van der Waals surface area contributed by atoms with Gasteiger partial charge in [-0.15, -0.1) is 11.3 Å². The van der Waals surface area contributed by atoms with Crippen molar-refractivity contribution >= 4 is 60.8 Å². The predicted molar refractivity (Wildman–Crippen MR) is 138 cm³/mol. The molecule has 1 fully saturated rings. The number of aromatic carboxylic acids is 1. The summed E-state index contributed by atoms with van der Waals surface area (Å²) in [4.78, 5) is 35.3. The van der Waals surface area contributed by atoms with E-state index in [-0.39, 0.29) is 33.1 Å². The van der Waals surface area contributed by atoms with Crippen LogP contribution in [-0.2, 0) is 6.54 Å². The molecule has 1 aliphatic carbocycles. The van der Waals surface area contributed by atoms with Crippen molar-refractivity contribution in [3.63, 3.8) is 0 Å². The molecule has 36 heavy (non-hydrogen) atoms. The van der Waals surface area contributed by atoms with Gasteiger partial charge in [-0.1, -0.05) is 23.2 Å². The maximum atomic E-state index is 14.1. The van der Waals surface area contributed by atoms with Gasteiger partial charge in [0.15, 0.2) is 6.39 Å². The molecule has 8 nitrogen and oxygen atoms in total. The highest BCUT2D eigenvalue weighted by Gasteiger charge is 2.30. The lowest BCUT2D eigenvalue weighted by atomic mass is 10.0. The first-order valence-corrected chi connectivity index (χ1v) is 12.6. The average molecular weight is 542 g/mol. The Morgan fingerprint density at radius 1 is 1.25 bits per heavy atom. The highest BCUT2D eigenvalue weighted by atomic mass is 35.5. The number of carboxylic acids is 1. The first kappa shape index (κ1) is 23.0. The summed E-state index contributed by atoms with van der Waals surface area (Å²) in [6.07, 6.45) is 4.91. The quantitative estimate of drug-likeness (QED) is 0.272. The van der Waals surface area contributed by atoms with Gasteiger partial charge in [-0.25, -0.2) is 14.8 Å². The van der Waals surface area contributed by atoms with Crippen LogP contribution >= 0.6 is 34.5 Å². The molecule has 0 spiro atoms. The maximum absolute atomic E-state index is 14.1. The van der Waals surface area contributed by atoms with E-state index in [1.165, 1.54) is 23.2 Å². The highest BCUT2D eigenvalue weighted by molar-refractivity contribution is 7.26. The fourth-order valence-corrected chi connectivity index (χ4v) is 6.46. The minimum absolute atomic E-state index is 0.0000564. The number of hydrogen-bond donors (Lipinski definition) is 1.